The van der Waals surface area contributed by atoms with E-state index in [1.165, 1.54) is 0 Å². The quantitative estimate of drug-likeness (QED) is 0.610. The first-order chi connectivity index (χ1) is 12.4. The van der Waals surface area contributed by atoms with E-state index in [2.05, 4.69) is 20.8 Å². The van der Waals surface area contributed by atoms with Crippen molar-refractivity contribution in [2.75, 3.05) is 0 Å². The van der Waals surface area contributed by atoms with Crippen molar-refractivity contribution in [2.24, 2.45) is 45.8 Å². The average Bonchev–Trinajstić information content (AvgIpc) is 2.86. The molecule has 2 unspecified atom stereocenters. The predicted molar refractivity (Wildman–Crippen MR) is 104 cm³/mol. The second-order valence-electron chi connectivity index (χ2n) is 11.2. The van der Waals surface area contributed by atoms with Gasteiger partial charge in [0, 0.05) is 10.8 Å². The lowest BCUT2D eigenvalue weighted by Crippen LogP contribution is -2.69. The van der Waals surface area contributed by atoms with E-state index >= 15 is 0 Å². The van der Waals surface area contributed by atoms with Gasteiger partial charge in [-0.25, -0.2) is 0 Å². The maximum Gasteiger partial charge on any atom is 0.195 e. The fraction of sp³-hybridized carbons (Fsp3) is 0.957. The van der Waals surface area contributed by atoms with Crippen LogP contribution in [0.25, 0.3) is 0 Å². The maximum atomic E-state index is 12.6. The molecule has 154 valence electrons. The van der Waals surface area contributed by atoms with Crippen molar-refractivity contribution < 1.29 is 20.1 Å². The molecule has 4 aliphatic rings. The Morgan fingerprint density at radius 1 is 0.926 bits per heavy atom. The molecule has 4 rings (SSSR count). The molecule has 4 fully saturated rings. The van der Waals surface area contributed by atoms with Crippen molar-refractivity contribution in [3.8, 4) is 0 Å². The summed E-state index contributed by atoms with van der Waals surface area (Å²) >= 11 is 0. The summed E-state index contributed by atoms with van der Waals surface area (Å²) in [7, 11) is 0. The van der Waals surface area contributed by atoms with Crippen LogP contribution in [0, 0.1) is 45.8 Å². The second-order valence-corrected chi connectivity index (χ2v) is 11.2. The standard InChI is InChI=1S/C23H38O4/c1-13-12-15-17-8-10-20(3,14(2)24)21(17,4)11-9-18(15)22(5)16(13)6-7-19(25)23(22,26)27/h13,15-19,25-27H,6-12H2,1-5H3/t13-,15+,16?,17+,18+,19?,20-,21+,22+/m1/s1. The monoisotopic (exact) mass is 378 g/mol. The van der Waals surface area contributed by atoms with Crippen LogP contribution in [0.3, 0.4) is 0 Å². The second kappa shape index (κ2) is 5.79. The van der Waals surface area contributed by atoms with E-state index in [1.54, 1.807) is 6.92 Å². The van der Waals surface area contributed by atoms with E-state index in [0.29, 0.717) is 30.0 Å². The van der Waals surface area contributed by atoms with Gasteiger partial charge in [0.15, 0.2) is 5.79 Å². The Kier molecular flexibility index (Phi) is 4.26. The first-order valence-electron chi connectivity index (χ1n) is 11.0. The number of aliphatic hydroxyl groups excluding tert-OH is 1. The van der Waals surface area contributed by atoms with Crippen LogP contribution in [0.2, 0.25) is 0 Å². The summed E-state index contributed by atoms with van der Waals surface area (Å²) in [5.74, 6) is 0.00661. The van der Waals surface area contributed by atoms with Gasteiger partial charge in [-0.2, -0.15) is 0 Å². The van der Waals surface area contributed by atoms with Gasteiger partial charge in [0.05, 0.1) is 0 Å². The highest BCUT2D eigenvalue weighted by atomic mass is 16.5. The van der Waals surface area contributed by atoms with Gasteiger partial charge in [-0.15, -0.1) is 0 Å². The molecule has 0 radical (unpaired) electrons. The summed E-state index contributed by atoms with van der Waals surface area (Å²) in [6.07, 6.45) is 5.31. The molecule has 0 spiro atoms. The molecule has 0 aromatic carbocycles. The van der Waals surface area contributed by atoms with E-state index in [1.807, 2.05) is 6.92 Å². The molecule has 0 aliphatic heterocycles. The first kappa shape index (κ1) is 19.8. The fourth-order valence-corrected chi connectivity index (χ4v) is 8.69. The van der Waals surface area contributed by atoms with E-state index in [4.69, 9.17) is 0 Å². The summed E-state index contributed by atoms with van der Waals surface area (Å²) in [6.45, 7) is 10.5. The van der Waals surface area contributed by atoms with Gasteiger partial charge in [0.25, 0.3) is 0 Å². The lowest BCUT2D eigenvalue weighted by atomic mass is 9.40. The first-order valence-corrected chi connectivity index (χ1v) is 11.0. The summed E-state index contributed by atoms with van der Waals surface area (Å²) in [5, 5.41) is 32.7. The number of ketones is 1. The summed E-state index contributed by atoms with van der Waals surface area (Å²) in [6, 6.07) is 0. The van der Waals surface area contributed by atoms with Gasteiger partial charge in [0.1, 0.15) is 11.9 Å². The van der Waals surface area contributed by atoms with E-state index in [9.17, 15) is 20.1 Å². The van der Waals surface area contributed by atoms with Crippen LogP contribution in [0.15, 0.2) is 0 Å². The largest absolute Gasteiger partial charge is 0.387 e. The van der Waals surface area contributed by atoms with E-state index < -0.39 is 17.3 Å². The van der Waals surface area contributed by atoms with Gasteiger partial charge in [-0.3, -0.25) is 4.79 Å². The molecule has 0 saturated heterocycles. The Labute approximate surface area is 163 Å². The summed E-state index contributed by atoms with van der Waals surface area (Å²) in [4.78, 5) is 12.6. The van der Waals surface area contributed by atoms with Crippen molar-refractivity contribution in [2.45, 2.75) is 91.5 Å². The number of hydrogen-bond donors (Lipinski definition) is 3. The zero-order valence-corrected chi connectivity index (χ0v) is 17.7. The minimum absolute atomic E-state index is 0.00374. The Morgan fingerprint density at radius 3 is 2.19 bits per heavy atom. The van der Waals surface area contributed by atoms with Gasteiger partial charge < -0.3 is 15.3 Å². The van der Waals surface area contributed by atoms with Gasteiger partial charge in [-0.1, -0.05) is 27.7 Å². The zero-order valence-electron chi connectivity index (χ0n) is 17.7. The van der Waals surface area contributed by atoms with E-state index in [0.717, 1.165) is 38.5 Å². The molecular weight excluding hydrogens is 340 g/mol. The number of carbonyl (C=O) groups is 1. The Hall–Kier alpha value is -0.450. The zero-order chi connectivity index (χ0) is 20.0. The van der Waals surface area contributed by atoms with Crippen molar-refractivity contribution in [1.29, 1.82) is 0 Å². The van der Waals surface area contributed by atoms with Crippen molar-refractivity contribution in [1.82, 2.24) is 0 Å². The van der Waals surface area contributed by atoms with Crippen LogP contribution in [0.1, 0.15) is 79.6 Å². The molecule has 4 heteroatoms. The average molecular weight is 379 g/mol. The molecule has 4 aliphatic carbocycles. The summed E-state index contributed by atoms with van der Waals surface area (Å²) in [5.41, 5.74) is -0.932. The Balaban J connectivity index is 1.76. The van der Waals surface area contributed by atoms with Gasteiger partial charge in [0.2, 0.25) is 0 Å². The lowest BCUT2D eigenvalue weighted by Gasteiger charge is -2.66. The fourth-order valence-electron chi connectivity index (χ4n) is 8.69. The number of fused-ring (bicyclic) bond motifs is 5. The van der Waals surface area contributed by atoms with Crippen LogP contribution in [0.4, 0.5) is 0 Å². The SMILES string of the molecule is CC(=O)[C@@]1(C)CC[C@H]2[C@@H]3C[C@@H](C)C4CCC(O)C(O)(O)[C@]4(C)[C@H]3CC[C@@]21C. The van der Waals surface area contributed by atoms with Crippen LogP contribution >= 0.6 is 0 Å². The van der Waals surface area contributed by atoms with E-state index in [-0.39, 0.29) is 22.7 Å². The number of Topliss-reactive ketones (excluding diaryl/α,β-unsaturated/α-hetero) is 1. The molecule has 9 atom stereocenters. The highest BCUT2D eigenvalue weighted by Crippen LogP contribution is 2.72. The molecule has 4 saturated carbocycles. The number of hydrogen-bond acceptors (Lipinski definition) is 4. The Bertz CT molecular complexity index is 644. The van der Waals surface area contributed by atoms with Crippen LogP contribution in [0.5, 0.6) is 0 Å². The smallest absolute Gasteiger partial charge is 0.195 e. The molecule has 27 heavy (non-hydrogen) atoms. The topological polar surface area (TPSA) is 77.8 Å². The third kappa shape index (κ3) is 2.18. The highest BCUT2D eigenvalue weighted by Gasteiger charge is 2.70. The number of carbonyl (C=O) groups excluding carboxylic acids is 1. The molecule has 0 amide bonds. The minimum Gasteiger partial charge on any atom is -0.387 e. The predicted octanol–water partition coefficient (Wildman–Crippen LogP) is 3.52. The van der Waals surface area contributed by atoms with Gasteiger partial charge >= 0.3 is 0 Å². The molecular formula is C23H38O4. The third-order valence-corrected chi connectivity index (χ3v) is 10.7. The summed E-state index contributed by atoms with van der Waals surface area (Å²) < 4.78 is 0. The third-order valence-electron chi connectivity index (χ3n) is 10.7. The molecule has 3 N–H and O–H groups in total. The van der Waals surface area contributed by atoms with Crippen LogP contribution < -0.4 is 0 Å². The lowest BCUT2D eigenvalue weighted by molar-refractivity contribution is -0.355. The maximum absolute atomic E-state index is 12.6. The highest BCUT2D eigenvalue weighted by molar-refractivity contribution is 5.83. The van der Waals surface area contributed by atoms with Crippen molar-refractivity contribution in [3.63, 3.8) is 0 Å². The molecule has 4 nitrogen and oxygen atoms in total. The Morgan fingerprint density at radius 2 is 1.56 bits per heavy atom. The molecule has 0 bridgehead atoms. The number of aliphatic hydroxyl groups is 3. The van der Waals surface area contributed by atoms with Crippen molar-refractivity contribution >= 4 is 5.78 Å². The molecule has 0 aromatic rings. The van der Waals surface area contributed by atoms with Gasteiger partial charge in [-0.05, 0) is 86.9 Å². The molecule has 0 heterocycles. The minimum atomic E-state index is -2.02. The van der Waals surface area contributed by atoms with Crippen molar-refractivity contribution in [3.05, 3.63) is 0 Å². The van der Waals surface area contributed by atoms with Crippen LogP contribution in [-0.4, -0.2) is 33.0 Å². The van der Waals surface area contributed by atoms with Crippen LogP contribution in [-0.2, 0) is 4.79 Å². The number of rotatable bonds is 1. The normalized spacial score (nSPS) is 56.7. The molecule has 0 aromatic heterocycles.